The number of ether oxygens (including phenoxy) is 3. The van der Waals surface area contributed by atoms with Gasteiger partial charge in [-0.2, -0.15) is 0 Å². The van der Waals surface area contributed by atoms with E-state index in [4.69, 9.17) is 14.2 Å². The molecule has 2 saturated carbocycles. The van der Waals surface area contributed by atoms with Crippen LogP contribution in [0.1, 0.15) is 39.0 Å². The first-order chi connectivity index (χ1) is 13.2. The highest BCUT2D eigenvalue weighted by atomic mass is 16.5. The molecule has 3 atom stereocenters. The van der Waals surface area contributed by atoms with E-state index in [0.29, 0.717) is 30.1 Å². The van der Waals surface area contributed by atoms with E-state index in [9.17, 15) is 0 Å². The second-order valence-electron chi connectivity index (χ2n) is 7.80. The molecule has 148 valence electrons. The van der Waals surface area contributed by atoms with E-state index in [-0.39, 0.29) is 0 Å². The quantitative estimate of drug-likeness (QED) is 0.612. The van der Waals surface area contributed by atoms with E-state index < -0.39 is 0 Å². The van der Waals surface area contributed by atoms with E-state index >= 15 is 0 Å². The van der Waals surface area contributed by atoms with Gasteiger partial charge in [-0.3, -0.25) is 4.99 Å². The number of nitrogens with one attached hydrogen (secondary N) is 2. The fraction of sp³-hybridized carbons (Fsp3) is 0.667. The van der Waals surface area contributed by atoms with E-state index in [0.717, 1.165) is 36.2 Å². The molecule has 27 heavy (non-hydrogen) atoms. The number of guanidine groups is 1. The average Bonchev–Trinajstić information content (AvgIpc) is 3.34. The van der Waals surface area contributed by atoms with Crippen molar-refractivity contribution in [3.63, 3.8) is 0 Å². The average molecular weight is 373 g/mol. The van der Waals surface area contributed by atoms with Gasteiger partial charge in [-0.05, 0) is 38.3 Å². The Hall–Kier alpha value is -1.95. The predicted octanol–water partition coefficient (Wildman–Crippen LogP) is 3.43. The molecule has 0 amide bonds. The third kappa shape index (κ3) is 3.14. The largest absolute Gasteiger partial charge is 0.493 e. The normalized spacial score (nSPS) is 28.6. The van der Waals surface area contributed by atoms with Gasteiger partial charge in [-0.1, -0.05) is 12.8 Å². The molecule has 0 bridgehead atoms. The summed E-state index contributed by atoms with van der Waals surface area (Å²) in [5.41, 5.74) is 1.24. The molecule has 6 heteroatoms. The summed E-state index contributed by atoms with van der Waals surface area (Å²) in [5, 5.41) is 7.15. The maximum Gasteiger partial charge on any atom is 0.195 e. The van der Waals surface area contributed by atoms with Crippen molar-refractivity contribution in [1.82, 2.24) is 5.32 Å². The zero-order chi connectivity index (χ0) is 18.9. The number of fused-ring (bicyclic) bond motifs is 2. The minimum atomic E-state index is 0.301. The van der Waals surface area contributed by atoms with Crippen LogP contribution in [-0.2, 0) is 4.74 Å². The van der Waals surface area contributed by atoms with E-state index in [1.165, 1.54) is 25.7 Å². The number of methoxy groups -OCH3 is 1. The van der Waals surface area contributed by atoms with Crippen LogP contribution in [0.4, 0.5) is 5.69 Å². The molecule has 3 fully saturated rings. The maximum absolute atomic E-state index is 6.09. The molecule has 1 aromatic rings. The van der Waals surface area contributed by atoms with Crippen LogP contribution >= 0.6 is 0 Å². The van der Waals surface area contributed by atoms with Crippen LogP contribution in [0.15, 0.2) is 23.2 Å². The van der Waals surface area contributed by atoms with Gasteiger partial charge in [0.2, 0.25) is 0 Å². The number of hydrogen-bond acceptors (Lipinski definition) is 4. The Morgan fingerprint density at radius 1 is 1.30 bits per heavy atom. The molecule has 3 aliphatic rings. The topological polar surface area (TPSA) is 64.1 Å². The second kappa shape index (κ2) is 7.58. The van der Waals surface area contributed by atoms with Gasteiger partial charge in [0, 0.05) is 42.8 Å². The Balaban J connectivity index is 1.48. The van der Waals surface area contributed by atoms with Crippen LogP contribution in [0, 0.1) is 11.3 Å². The molecule has 4 rings (SSSR count). The fourth-order valence-corrected chi connectivity index (χ4v) is 5.37. The molecule has 1 spiro atoms. The Labute approximate surface area is 161 Å². The van der Waals surface area contributed by atoms with Crippen LogP contribution in [0.5, 0.6) is 11.5 Å². The molecule has 2 aliphatic carbocycles. The van der Waals surface area contributed by atoms with Crippen molar-refractivity contribution >= 4 is 11.6 Å². The Bertz CT molecular complexity index is 700. The molecule has 6 nitrogen and oxygen atoms in total. The van der Waals surface area contributed by atoms with E-state index in [1.807, 2.05) is 32.2 Å². The van der Waals surface area contributed by atoms with Crippen LogP contribution in [0.25, 0.3) is 0 Å². The van der Waals surface area contributed by atoms with E-state index in [1.54, 1.807) is 7.11 Å². The number of rotatable bonds is 5. The van der Waals surface area contributed by atoms with Crippen molar-refractivity contribution in [3.05, 3.63) is 18.2 Å². The first kappa shape index (κ1) is 18.4. The van der Waals surface area contributed by atoms with Gasteiger partial charge in [0.25, 0.3) is 0 Å². The van der Waals surface area contributed by atoms with Gasteiger partial charge in [0.1, 0.15) is 0 Å². The van der Waals surface area contributed by atoms with Crippen LogP contribution in [0.3, 0.4) is 0 Å². The Morgan fingerprint density at radius 2 is 2.11 bits per heavy atom. The Morgan fingerprint density at radius 3 is 2.81 bits per heavy atom. The summed E-state index contributed by atoms with van der Waals surface area (Å²) in [5.74, 6) is 2.89. The summed E-state index contributed by atoms with van der Waals surface area (Å²) in [6.07, 6.45) is 6.75. The van der Waals surface area contributed by atoms with Crippen LogP contribution in [-0.4, -0.2) is 45.5 Å². The second-order valence-corrected chi connectivity index (χ2v) is 7.80. The lowest BCUT2D eigenvalue weighted by molar-refractivity contribution is -0.124. The number of aliphatic imine (C=N–C) groups is 1. The third-order valence-corrected chi connectivity index (χ3v) is 6.53. The molecule has 0 radical (unpaired) electrons. The monoisotopic (exact) mass is 373 g/mol. The smallest absolute Gasteiger partial charge is 0.195 e. The SMILES string of the molecule is CCOc1cc(NC(=NC)NC2C3CCOC3C23CCCC3)ccc1OC. The number of hydrogen-bond donors (Lipinski definition) is 2. The van der Waals surface area contributed by atoms with E-state index in [2.05, 4.69) is 15.6 Å². The van der Waals surface area contributed by atoms with Crippen molar-refractivity contribution in [1.29, 1.82) is 0 Å². The van der Waals surface area contributed by atoms with Crippen LogP contribution < -0.4 is 20.1 Å². The third-order valence-electron chi connectivity index (χ3n) is 6.53. The number of anilines is 1. The highest BCUT2D eigenvalue weighted by Crippen LogP contribution is 2.60. The molecule has 1 heterocycles. The molecule has 1 saturated heterocycles. The minimum Gasteiger partial charge on any atom is -0.493 e. The van der Waals surface area contributed by atoms with Crippen molar-refractivity contribution in [2.75, 3.05) is 32.7 Å². The highest BCUT2D eigenvalue weighted by Gasteiger charge is 2.65. The van der Waals surface area contributed by atoms with Gasteiger partial charge >= 0.3 is 0 Å². The summed E-state index contributed by atoms with van der Waals surface area (Å²) in [6.45, 7) is 3.47. The lowest BCUT2D eigenvalue weighted by Gasteiger charge is -2.57. The minimum absolute atomic E-state index is 0.301. The Kier molecular flexibility index (Phi) is 5.17. The first-order valence-corrected chi connectivity index (χ1v) is 10.1. The van der Waals surface area contributed by atoms with Gasteiger partial charge in [-0.25, -0.2) is 0 Å². The van der Waals surface area contributed by atoms with Crippen LogP contribution in [0.2, 0.25) is 0 Å². The first-order valence-electron chi connectivity index (χ1n) is 10.1. The summed E-state index contributed by atoms with van der Waals surface area (Å²) in [7, 11) is 3.48. The van der Waals surface area contributed by atoms with Gasteiger partial charge in [-0.15, -0.1) is 0 Å². The summed E-state index contributed by atoms with van der Waals surface area (Å²) in [6, 6.07) is 6.32. The maximum atomic E-state index is 6.09. The highest BCUT2D eigenvalue weighted by molar-refractivity contribution is 5.94. The van der Waals surface area contributed by atoms with Crippen molar-refractivity contribution in [2.45, 2.75) is 51.2 Å². The standard InChI is InChI=1S/C21H31N3O3/c1-4-26-17-13-14(7-8-16(17)25-3)23-20(22-2)24-18-15-9-12-27-19(15)21(18)10-5-6-11-21/h7-8,13,15,18-19H,4-6,9-12H2,1-3H3,(H2,22,23,24). The van der Waals surface area contributed by atoms with Gasteiger partial charge in [0.15, 0.2) is 17.5 Å². The molecule has 0 aromatic heterocycles. The zero-order valence-corrected chi connectivity index (χ0v) is 16.6. The number of benzene rings is 1. The summed E-state index contributed by atoms with van der Waals surface area (Å²) >= 11 is 0. The molecule has 3 unspecified atom stereocenters. The summed E-state index contributed by atoms with van der Waals surface area (Å²) < 4.78 is 17.2. The van der Waals surface area contributed by atoms with Crippen molar-refractivity contribution in [3.8, 4) is 11.5 Å². The molecule has 2 N–H and O–H groups in total. The predicted molar refractivity (Wildman–Crippen MR) is 107 cm³/mol. The molecular weight excluding hydrogens is 342 g/mol. The zero-order valence-electron chi connectivity index (χ0n) is 16.6. The molecule has 1 aromatic carbocycles. The van der Waals surface area contributed by atoms with Gasteiger partial charge < -0.3 is 24.8 Å². The summed E-state index contributed by atoms with van der Waals surface area (Å²) in [4.78, 5) is 4.47. The lowest BCUT2D eigenvalue weighted by Crippen LogP contribution is -2.68. The van der Waals surface area contributed by atoms with Crippen molar-refractivity contribution in [2.24, 2.45) is 16.3 Å². The van der Waals surface area contributed by atoms with Crippen molar-refractivity contribution < 1.29 is 14.2 Å². The molecule has 1 aliphatic heterocycles. The fourth-order valence-electron chi connectivity index (χ4n) is 5.37. The number of nitrogens with zero attached hydrogens (tertiary/aromatic N) is 1. The molecular formula is C21H31N3O3. The lowest BCUT2D eigenvalue weighted by atomic mass is 9.54. The van der Waals surface area contributed by atoms with Gasteiger partial charge in [0.05, 0.1) is 19.8 Å².